The number of nitrogens with zero attached hydrogens (tertiary/aromatic N) is 1. The Kier molecular flexibility index (Phi) is 6.17. The summed E-state index contributed by atoms with van der Waals surface area (Å²) >= 11 is 0. The minimum absolute atomic E-state index is 0.184. The zero-order valence-corrected chi connectivity index (χ0v) is 9.56. The topological polar surface area (TPSA) is 52.9 Å². The molecule has 15 heavy (non-hydrogen) atoms. The van der Waals surface area contributed by atoms with Crippen molar-refractivity contribution >= 4 is 0 Å². The van der Waals surface area contributed by atoms with Crippen molar-refractivity contribution in [2.45, 2.75) is 25.9 Å². The van der Waals surface area contributed by atoms with Gasteiger partial charge in [0.2, 0.25) is 0 Å². The fraction of sp³-hybridized carbons (Fsp3) is 1.00. The van der Waals surface area contributed by atoms with Crippen LogP contribution in [0.2, 0.25) is 0 Å². The molecule has 0 aromatic heterocycles. The third-order valence-corrected chi connectivity index (χ3v) is 2.88. The Bertz CT molecular complexity index is 160. The van der Waals surface area contributed by atoms with Crippen molar-refractivity contribution in [3.63, 3.8) is 0 Å². The molecule has 1 rings (SSSR count). The molecule has 4 heteroatoms. The highest BCUT2D eigenvalue weighted by Gasteiger charge is 2.25. The summed E-state index contributed by atoms with van der Waals surface area (Å²) < 4.78 is 5.36. The van der Waals surface area contributed by atoms with E-state index in [0.29, 0.717) is 19.8 Å². The molecule has 4 nitrogen and oxygen atoms in total. The van der Waals surface area contributed by atoms with Crippen molar-refractivity contribution in [2.24, 2.45) is 5.92 Å². The van der Waals surface area contributed by atoms with Gasteiger partial charge in [-0.05, 0) is 19.4 Å². The van der Waals surface area contributed by atoms with Gasteiger partial charge in [-0.15, -0.1) is 0 Å². The van der Waals surface area contributed by atoms with E-state index in [1.54, 1.807) is 0 Å². The maximum atomic E-state index is 9.79. The van der Waals surface area contributed by atoms with E-state index < -0.39 is 0 Å². The SMILES string of the molecule is CCCN(CCO)CC1COCCC1O. The van der Waals surface area contributed by atoms with Crippen LogP contribution in [-0.4, -0.2) is 60.7 Å². The highest BCUT2D eigenvalue weighted by molar-refractivity contribution is 4.76. The maximum Gasteiger partial charge on any atom is 0.0624 e. The van der Waals surface area contributed by atoms with Crippen LogP contribution in [0.15, 0.2) is 0 Å². The molecular weight excluding hydrogens is 194 g/mol. The second-order valence-electron chi connectivity index (χ2n) is 4.22. The monoisotopic (exact) mass is 217 g/mol. The van der Waals surface area contributed by atoms with E-state index in [2.05, 4.69) is 11.8 Å². The molecule has 0 aromatic carbocycles. The molecule has 1 aliphatic heterocycles. The minimum atomic E-state index is -0.239. The molecule has 2 N–H and O–H groups in total. The van der Waals surface area contributed by atoms with Crippen LogP contribution in [0, 0.1) is 5.92 Å². The average molecular weight is 217 g/mol. The summed E-state index contributed by atoms with van der Waals surface area (Å²) in [6.07, 6.45) is 1.57. The molecule has 0 aromatic rings. The molecule has 0 amide bonds. The molecule has 0 radical (unpaired) electrons. The zero-order chi connectivity index (χ0) is 11.1. The van der Waals surface area contributed by atoms with E-state index in [4.69, 9.17) is 9.84 Å². The predicted molar refractivity (Wildman–Crippen MR) is 58.7 cm³/mol. The average Bonchev–Trinajstić information content (AvgIpc) is 2.22. The molecular formula is C11H23NO3. The number of ether oxygens (including phenoxy) is 1. The van der Waals surface area contributed by atoms with Crippen molar-refractivity contribution in [3.8, 4) is 0 Å². The van der Waals surface area contributed by atoms with E-state index >= 15 is 0 Å². The third-order valence-electron chi connectivity index (χ3n) is 2.88. The van der Waals surface area contributed by atoms with Gasteiger partial charge >= 0.3 is 0 Å². The Morgan fingerprint density at radius 1 is 1.40 bits per heavy atom. The maximum absolute atomic E-state index is 9.79. The second kappa shape index (κ2) is 7.17. The van der Waals surface area contributed by atoms with Crippen molar-refractivity contribution < 1.29 is 14.9 Å². The predicted octanol–water partition coefficient (Wildman–Crippen LogP) is 0.0881. The first-order valence-corrected chi connectivity index (χ1v) is 5.87. The lowest BCUT2D eigenvalue weighted by Gasteiger charge is -2.32. The van der Waals surface area contributed by atoms with E-state index in [9.17, 15) is 5.11 Å². The van der Waals surface area contributed by atoms with E-state index in [1.165, 1.54) is 0 Å². The van der Waals surface area contributed by atoms with Crippen LogP contribution in [0.1, 0.15) is 19.8 Å². The summed E-state index contributed by atoms with van der Waals surface area (Å²) in [5.41, 5.74) is 0. The molecule has 0 bridgehead atoms. The van der Waals surface area contributed by atoms with Gasteiger partial charge in [-0.25, -0.2) is 0 Å². The van der Waals surface area contributed by atoms with Gasteiger partial charge in [-0.1, -0.05) is 6.92 Å². The Labute approximate surface area is 91.8 Å². The summed E-state index contributed by atoms with van der Waals surface area (Å²) in [5, 5.41) is 18.7. The van der Waals surface area contributed by atoms with Crippen LogP contribution < -0.4 is 0 Å². The summed E-state index contributed by atoms with van der Waals surface area (Å²) in [6, 6.07) is 0. The number of rotatable bonds is 6. The van der Waals surface area contributed by atoms with Crippen molar-refractivity contribution in [1.29, 1.82) is 0 Å². The molecule has 1 aliphatic rings. The van der Waals surface area contributed by atoms with Crippen molar-refractivity contribution in [1.82, 2.24) is 4.90 Å². The summed E-state index contributed by atoms with van der Waals surface area (Å²) in [7, 11) is 0. The molecule has 1 heterocycles. The highest BCUT2D eigenvalue weighted by atomic mass is 16.5. The molecule has 0 saturated carbocycles. The molecule has 2 atom stereocenters. The summed E-state index contributed by atoms with van der Waals surface area (Å²) in [6.45, 7) is 6.12. The molecule has 2 unspecified atom stereocenters. The van der Waals surface area contributed by atoms with Crippen LogP contribution in [0.3, 0.4) is 0 Å². The van der Waals surface area contributed by atoms with E-state index in [0.717, 1.165) is 25.9 Å². The Hall–Kier alpha value is -0.160. The number of hydrogen-bond donors (Lipinski definition) is 2. The first-order chi connectivity index (χ1) is 7.27. The highest BCUT2D eigenvalue weighted by Crippen LogP contribution is 2.16. The van der Waals surface area contributed by atoms with Crippen LogP contribution in [0.25, 0.3) is 0 Å². The van der Waals surface area contributed by atoms with Gasteiger partial charge in [-0.3, -0.25) is 0 Å². The fourth-order valence-corrected chi connectivity index (χ4v) is 2.04. The lowest BCUT2D eigenvalue weighted by molar-refractivity contribution is -0.0475. The van der Waals surface area contributed by atoms with Gasteiger partial charge in [0.15, 0.2) is 0 Å². The first-order valence-electron chi connectivity index (χ1n) is 5.87. The smallest absolute Gasteiger partial charge is 0.0624 e. The standard InChI is InChI=1S/C11H23NO3/c1-2-4-12(5-6-13)8-10-9-15-7-3-11(10)14/h10-11,13-14H,2-9H2,1H3. The quantitative estimate of drug-likeness (QED) is 0.662. The Morgan fingerprint density at radius 3 is 2.80 bits per heavy atom. The second-order valence-corrected chi connectivity index (χ2v) is 4.22. The molecule has 1 fully saturated rings. The lowest BCUT2D eigenvalue weighted by atomic mass is 9.98. The largest absolute Gasteiger partial charge is 0.395 e. The van der Waals surface area contributed by atoms with E-state index in [-0.39, 0.29) is 18.6 Å². The zero-order valence-electron chi connectivity index (χ0n) is 9.56. The third kappa shape index (κ3) is 4.47. The fourth-order valence-electron chi connectivity index (χ4n) is 2.04. The Morgan fingerprint density at radius 2 is 2.20 bits per heavy atom. The van der Waals surface area contributed by atoms with Gasteiger partial charge < -0.3 is 19.8 Å². The van der Waals surface area contributed by atoms with E-state index in [1.807, 2.05) is 0 Å². The first kappa shape index (κ1) is 12.9. The summed E-state index contributed by atoms with van der Waals surface area (Å²) in [5.74, 6) is 0.205. The molecule has 0 spiro atoms. The van der Waals surface area contributed by atoms with Gasteiger partial charge in [0.05, 0.1) is 19.3 Å². The number of hydrogen-bond acceptors (Lipinski definition) is 4. The van der Waals surface area contributed by atoms with Crippen molar-refractivity contribution in [2.75, 3.05) is 39.5 Å². The lowest BCUT2D eigenvalue weighted by Crippen LogP contribution is -2.42. The van der Waals surface area contributed by atoms with Crippen LogP contribution >= 0.6 is 0 Å². The van der Waals surface area contributed by atoms with Gasteiger partial charge in [-0.2, -0.15) is 0 Å². The van der Waals surface area contributed by atoms with Crippen LogP contribution in [-0.2, 0) is 4.74 Å². The van der Waals surface area contributed by atoms with Gasteiger partial charge in [0.25, 0.3) is 0 Å². The van der Waals surface area contributed by atoms with Gasteiger partial charge in [0.1, 0.15) is 0 Å². The molecule has 0 aliphatic carbocycles. The minimum Gasteiger partial charge on any atom is -0.395 e. The van der Waals surface area contributed by atoms with Crippen molar-refractivity contribution in [3.05, 3.63) is 0 Å². The molecule has 90 valence electrons. The number of aliphatic hydroxyl groups is 2. The normalized spacial score (nSPS) is 27.2. The van der Waals surface area contributed by atoms with Crippen LogP contribution in [0.5, 0.6) is 0 Å². The summed E-state index contributed by atoms with van der Waals surface area (Å²) in [4.78, 5) is 2.20. The van der Waals surface area contributed by atoms with Crippen LogP contribution in [0.4, 0.5) is 0 Å². The molecule has 1 saturated heterocycles. The van der Waals surface area contributed by atoms with Gasteiger partial charge in [0, 0.05) is 25.6 Å². The Balaban J connectivity index is 2.33. The number of aliphatic hydroxyl groups excluding tert-OH is 2.